The summed E-state index contributed by atoms with van der Waals surface area (Å²) < 4.78 is 0. The highest BCUT2D eigenvalue weighted by molar-refractivity contribution is 5.83. The van der Waals surface area contributed by atoms with Crippen LogP contribution in [-0.4, -0.2) is 37.0 Å². The molecular formula is C12H25N3O2. The minimum Gasteiger partial charge on any atom is -0.354 e. The summed E-state index contributed by atoms with van der Waals surface area (Å²) in [5, 5.41) is 8.45. The second kappa shape index (κ2) is 8.06. The third kappa shape index (κ3) is 8.68. The van der Waals surface area contributed by atoms with Crippen LogP contribution in [0.3, 0.4) is 0 Å². The van der Waals surface area contributed by atoms with Crippen molar-refractivity contribution in [3.05, 3.63) is 0 Å². The van der Waals surface area contributed by atoms with Crippen LogP contribution in [0.2, 0.25) is 0 Å². The molecule has 0 aliphatic rings. The first-order valence-corrected chi connectivity index (χ1v) is 6.13. The standard InChI is InChI=1S/C12H25N3O2/c1-8(2)6-14-12(17)10(5)13-7-11(16)15-9(3)4/h8-10,13H,6-7H2,1-5H3,(H,14,17)(H,15,16). The fraction of sp³-hybridized carbons (Fsp3) is 0.833. The highest BCUT2D eigenvalue weighted by Gasteiger charge is 2.13. The third-order valence-electron chi connectivity index (χ3n) is 2.10. The Labute approximate surface area is 104 Å². The Balaban J connectivity index is 3.81. The SMILES string of the molecule is CC(C)CNC(=O)C(C)NCC(=O)NC(C)C. The predicted octanol–water partition coefficient (Wildman–Crippen LogP) is 0.261. The van der Waals surface area contributed by atoms with Gasteiger partial charge in [0.1, 0.15) is 0 Å². The molecule has 0 aliphatic carbocycles. The van der Waals surface area contributed by atoms with Gasteiger partial charge < -0.3 is 10.6 Å². The number of rotatable bonds is 7. The van der Waals surface area contributed by atoms with Gasteiger partial charge in [-0.1, -0.05) is 13.8 Å². The first-order valence-electron chi connectivity index (χ1n) is 6.13. The maximum absolute atomic E-state index is 11.6. The summed E-state index contributed by atoms with van der Waals surface area (Å²) in [4.78, 5) is 22.9. The lowest BCUT2D eigenvalue weighted by Crippen LogP contribution is -2.47. The van der Waals surface area contributed by atoms with Crippen molar-refractivity contribution in [3.8, 4) is 0 Å². The van der Waals surface area contributed by atoms with Crippen molar-refractivity contribution >= 4 is 11.8 Å². The number of carbonyl (C=O) groups excluding carboxylic acids is 2. The Hall–Kier alpha value is -1.10. The van der Waals surface area contributed by atoms with Gasteiger partial charge in [0.25, 0.3) is 0 Å². The van der Waals surface area contributed by atoms with Crippen LogP contribution in [0.25, 0.3) is 0 Å². The number of hydrogen-bond acceptors (Lipinski definition) is 3. The Bertz CT molecular complexity index is 252. The molecule has 100 valence electrons. The largest absolute Gasteiger partial charge is 0.354 e. The molecule has 0 fully saturated rings. The van der Waals surface area contributed by atoms with E-state index in [0.717, 1.165) is 0 Å². The number of carbonyl (C=O) groups is 2. The van der Waals surface area contributed by atoms with E-state index in [2.05, 4.69) is 16.0 Å². The lowest BCUT2D eigenvalue weighted by atomic mass is 10.2. The molecule has 0 aromatic heterocycles. The Morgan fingerprint density at radius 1 is 1.06 bits per heavy atom. The van der Waals surface area contributed by atoms with Gasteiger partial charge in [-0.2, -0.15) is 0 Å². The van der Waals surface area contributed by atoms with E-state index in [4.69, 9.17) is 0 Å². The van der Waals surface area contributed by atoms with Gasteiger partial charge in [0.15, 0.2) is 0 Å². The Kier molecular flexibility index (Phi) is 7.54. The lowest BCUT2D eigenvalue weighted by molar-refractivity contribution is -0.123. The molecular weight excluding hydrogens is 218 g/mol. The van der Waals surface area contributed by atoms with Gasteiger partial charge in [-0.25, -0.2) is 0 Å². The maximum atomic E-state index is 11.6. The Morgan fingerprint density at radius 2 is 1.65 bits per heavy atom. The van der Waals surface area contributed by atoms with Crippen molar-refractivity contribution < 1.29 is 9.59 Å². The molecule has 0 aromatic carbocycles. The molecule has 0 spiro atoms. The van der Waals surface area contributed by atoms with Crippen LogP contribution in [0.1, 0.15) is 34.6 Å². The fourth-order valence-electron chi connectivity index (χ4n) is 1.17. The molecule has 1 unspecified atom stereocenters. The zero-order valence-corrected chi connectivity index (χ0v) is 11.5. The second-order valence-corrected chi connectivity index (χ2v) is 4.96. The van der Waals surface area contributed by atoms with Gasteiger partial charge in [0.2, 0.25) is 11.8 Å². The second-order valence-electron chi connectivity index (χ2n) is 4.96. The van der Waals surface area contributed by atoms with E-state index < -0.39 is 0 Å². The van der Waals surface area contributed by atoms with Crippen LogP contribution in [-0.2, 0) is 9.59 Å². The first kappa shape index (κ1) is 15.9. The smallest absolute Gasteiger partial charge is 0.236 e. The number of nitrogens with one attached hydrogen (secondary N) is 3. The predicted molar refractivity (Wildman–Crippen MR) is 68.6 cm³/mol. The molecule has 0 radical (unpaired) electrons. The monoisotopic (exact) mass is 243 g/mol. The van der Waals surface area contributed by atoms with E-state index in [-0.39, 0.29) is 30.4 Å². The quantitative estimate of drug-likeness (QED) is 0.601. The third-order valence-corrected chi connectivity index (χ3v) is 2.10. The molecule has 0 bridgehead atoms. The fourth-order valence-corrected chi connectivity index (χ4v) is 1.17. The minimum atomic E-state index is -0.355. The van der Waals surface area contributed by atoms with Crippen LogP contribution < -0.4 is 16.0 Å². The van der Waals surface area contributed by atoms with Crippen LogP contribution in [0.15, 0.2) is 0 Å². The maximum Gasteiger partial charge on any atom is 0.236 e. The van der Waals surface area contributed by atoms with E-state index in [1.807, 2.05) is 27.7 Å². The summed E-state index contributed by atoms with van der Waals surface area (Å²) in [6, 6.07) is -0.235. The normalized spacial score (nSPS) is 12.6. The van der Waals surface area contributed by atoms with E-state index in [1.165, 1.54) is 0 Å². The average Bonchev–Trinajstić information content (AvgIpc) is 2.21. The van der Waals surface area contributed by atoms with Crippen molar-refractivity contribution in [3.63, 3.8) is 0 Å². The van der Waals surface area contributed by atoms with Crippen molar-refractivity contribution in [1.29, 1.82) is 0 Å². The van der Waals surface area contributed by atoms with Crippen molar-refractivity contribution in [2.75, 3.05) is 13.1 Å². The minimum absolute atomic E-state index is 0.0731. The molecule has 0 saturated heterocycles. The van der Waals surface area contributed by atoms with Gasteiger partial charge in [0.05, 0.1) is 12.6 Å². The van der Waals surface area contributed by atoms with Crippen molar-refractivity contribution in [2.24, 2.45) is 5.92 Å². The highest BCUT2D eigenvalue weighted by atomic mass is 16.2. The number of amides is 2. The van der Waals surface area contributed by atoms with Crippen molar-refractivity contribution in [2.45, 2.75) is 46.7 Å². The van der Waals surface area contributed by atoms with Crippen LogP contribution >= 0.6 is 0 Å². The van der Waals surface area contributed by atoms with Crippen molar-refractivity contribution in [1.82, 2.24) is 16.0 Å². The van der Waals surface area contributed by atoms with E-state index in [0.29, 0.717) is 12.5 Å². The lowest BCUT2D eigenvalue weighted by Gasteiger charge is -2.15. The summed E-state index contributed by atoms with van der Waals surface area (Å²) in [5.74, 6) is 0.259. The summed E-state index contributed by atoms with van der Waals surface area (Å²) >= 11 is 0. The molecule has 5 heteroatoms. The average molecular weight is 243 g/mol. The highest BCUT2D eigenvalue weighted by Crippen LogP contribution is 1.89. The molecule has 0 aliphatic heterocycles. The summed E-state index contributed by atoms with van der Waals surface area (Å²) in [7, 11) is 0. The molecule has 17 heavy (non-hydrogen) atoms. The molecule has 0 rings (SSSR count). The van der Waals surface area contributed by atoms with Gasteiger partial charge >= 0.3 is 0 Å². The van der Waals surface area contributed by atoms with Gasteiger partial charge in [-0.05, 0) is 26.7 Å². The molecule has 0 heterocycles. The van der Waals surface area contributed by atoms with Gasteiger partial charge in [0, 0.05) is 12.6 Å². The number of hydrogen-bond donors (Lipinski definition) is 3. The summed E-state index contributed by atoms with van der Waals surface area (Å²) in [6.07, 6.45) is 0. The zero-order valence-electron chi connectivity index (χ0n) is 11.5. The molecule has 5 nitrogen and oxygen atoms in total. The summed E-state index contributed by atoms with van der Waals surface area (Å²) in [6.45, 7) is 10.4. The van der Waals surface area contributed by atoms with Crippen LogP contribution in [0.4, 0.5) is 0 Å². The molecule has 3 N–H and O–H groups in total. The van der Waals surface area contributed by atoms with Gasteiger partial charge in [-0.15, -0.1) is 0 Å². The van der Waals surface area contributed by atoms with E-state index in [9.17, 15) is 9.59 Å². The van der Waals surface area contributed by atoms with Crippen LogP contribution in [0, 0.1) is 5.92 Å². The summed E-state index contributed by atoms with van der Waals surface area (Å²) in [5.41, 5.74) is 0. The molecule has 2 amide bonds. The molecule has 0 saturated carbocycles. The van der Waals surface area contributed by atoms with Crippen LogP contribution in [0.5, 0.6) is 0 Å². The first-order chi connectivity index (χ1) is 7.82. The van der Waals surface area contributed by atoms with E-state index in [1.54, 1.807) is 6.92 Å². The topological polar surface area (TPSA) is 70.2 Å². The Morgan fingerprint density at radius 3 is 2.12 bits per heavy atom. The van der Waals surface area contributed by atoms with Gasteiger partial charge in [-0.3, -0.25) is 14.9 Å². The molecule has 1 atom stereocenters. The molecule has 0 aromatic rings. The van der Waals surface area contributed by atoms with E-state index >= 15 is 0 Å². The zero-order chi connectivity index (χ0) is 13.4.